The van der Waals surface area contributed by atoms with Gasteiger partial charge in [0, 0.05) is 23.7 Å². The SMILES string of the molecule is CC1(CN)CCN(C(=O)c2cccc(Cl)c2)C1.Cl. The van der Waals surface area contributed by atoms with E-state index in [1.807, 2.05) is 4.90 Å². The van der Waals surface area contributed by atoms with Gasteiger partial charge in [0.05, 0.1) is 0 Å². The third-order valence-electron chi connectivity index (χ3n) is 3.41. The normalized spacial score (nSPS) is 22.7. The van der Waals surface area contributed by atoms with Crippen LogP contribution in [0.3, 0.4) is 0 Å². The van der Waals surface area contributed by atoms with Crippen LogP contribution in [-0.4, -0.2) is 30.4 Å². The number of carbonyl (C=O) groups is 1. The Labute approximate surface area is 119 Å². The average molecular weight is 289 g/mol. The standard InChI is InChI=1S/C13H17ClN2O.ClH/c1-13(8-15)5-6-16(9-13)12(17)10-3-2-4-11(14)7-10;/h2-4,7H,5-6,8-9,15H2,1H3;1H. The van der Waals surface area contributed by atoms with Crippen LogP contribution in [0.5, 0.6) is 0 Å². The summed E-state index contributed by atoms with van der Waals surface area (Å²) in [5.41, 5.74) is 6.45. The predicted molar refractivity (Wildman–Crippen MR) is 76.4 cm³/mol. The van der Waals surface area contributed by atoms with Crippen molar-refractivity contribution >= 4 is 29.9 Å². The number of hydrogen-bond donors (Lipinski definition) is 1. The fourth-order valence-corrected chi connectivity index (χ4v) is 2.36. The summed E-state index contributed by atoms with van der Waals surface area (Å²) in [6, 6.07) is 7.08. The van der Waals surface area contributed by atoms with Crippen molar-refractivity contribution in [2.75, 3.05) is 19.6 Å². The summed E-state index contributed by atoms with van der Waals surface area (Å²) in [4.78, 5) is 14.1. The van der Waals surface area contributed by atoms with Crippen molar-refractivity contribution in [3.05, 3.63) is 34.9 Å². The Bertz CT molecular complexity index is 439. The molecule has 1 aromatic carbocycles. The lowest BCUT2D eigenvalue weighted by Gasteiger charge is -2.22. The van der Waals surface area contributed by atoms with Gasteiger partial charge in [0.15, 0.2) is 0 Å². The summed E-state index contributed by atoms with van der Waals surface area (Å²) in [6.45, 7) is 4.25. The van der Waals surface area contributed by atoms with E-state index < -0.39 is 0 Å². The molecule has 18 heavy (non-hydrogen) atoms. The lowest BCUT2D eigenvalue weighted by Crippen LogP contribution is -2.34. The van der Waals surface area contributed by atoms with Crippen molar-refractivity contribution in [1.82, 2.24) is 4.90 Å². The number of halogens is 2. The second kappa shape index (κ2) is 5.91. The molecule has 0 aliphatic carbocycles. The third-order valence-corrected chi connectivity index (χ3v) is 3.64. The maximum Gasteiger partial charge on any atom is 0.253 e. The average Bonchev–Trinajstić information content (AvgIpc) is 2.72. The molecule has 1 amide bonds. The van der Waals surface area contributed by atoms with Crippen molar-refractivity contribution in [2.24, 2.45) is 11.1 Å². The monoisotopic (exact) mass is 288 g/mol. The van der Waals surface area contributed by atoms with E-state index >= 15 is 0 Å². The fraction of sp³-hybridized carbons (Fsp3) is 0.462. The number of carbonyl (C=O) groups excluding carboxylic acids is 1. The van der Waals surface area contributed by atoms with E-state index in [1.54, 1.807) is 24.3 Å². The van der Waals surface area contributed by atoms with Crippen LogP contribution in [0.25, 0.3) is 0 Å². The minimum Gasteiger partial charge on any atom is -0.338 e. The van der Waals surface area contributed by atoms with E-state index in [4.69, 9.17) is 17.3 Å². The van der Waals surface area contributed by atoms with Gasteiger partial charge in [-0.2, -0.15) is 0 Å². The molecular formula is C13H18Cl2N2O. The van der Waals surface area contributed by atoms with Crippen molar-refractivity contribution in [3.63, 3.8) is 0 Å². The fourth-order valence-electron chi connectivity index (χ4n) is 2.17. The molecule has 1 unspecified atom stereocenters. The second-order valence-electron chi connectivity index (χ2n) is 5.00. The number of amides is 1. The van der Waals surface area contributed by atoms with E-state index in [9.17, 15) is 4.79 Å². The largest absolute Gasteiger partial charge is 0.338 e. The zero-order valence-electron chi connectivity index (χ0n) is 10.4. The molecule has 1 fully saturated rings. The number of rotatable bonds is 2. The van der Waals surface area contributed by atoms with Crippen molar-refractivity contribution < 1.29 is 4.79 Å². The van der Waals surface area contributed by atoms with Crippen LogP contribution < -0.4 is 5.73 Å². The molecule has 1 saturated heterocycles. The number of benzene rings is 1. The topological polar surface area (TPSA) is 46.3 Å². The van der Waals surface area contributed by atoms with Gasteiger partial charge in [-0.25, -0.2) is 0 Å². The van der Waals surface area contributed by atoms with Crippen LogP contribution >= 0.6 is 24.0 Å². The minimum absolute atomic E-state index is 0. The molecule has 1 heterocycles. The highest BCUT2D eigenvalue weighted by Gasteiger charge is 2.35. The molecule has 5 heteroatoms. The minimum atomic E-state index is 0. The van der Waals surface area contributed by atoms with Gasteiger partial charge in [-0.3, -0.25) is 4.79 Å². The summed E-state index contributed by atoms with van der Waals surface area (Å²) < 4.78 is 0. The molecular weight excluding hydrogens is 271 g/mol. The summed E-state index contributed by atoms with van der Waals surface area (Å²) in [7, 11) is 0. The van der Waals surface area contributed by atoms with Crippen molar-refractivity contribution in [3.8, 4) is 0 Å². The van der Waals surface area contributed by atoms with Gasteiger partial charge in [0.2, 0.25) is 0 Å². The van der Waals surface area contributed by atoms with Gasteiger partial charge < -0.3 is 10.6 Å². The molecule has 2 rings (SSSR count). The summed E-state index contributed by atoms with van der Waals surface area (Å²) in [5, 5.41) is 0.594. The van der Waals surface area contributed by atoms with Crippen LogP contribution in [0.1, 0.15) is 23.7 Å². The Morgan fingerprint density at radius 2 is 2.28 bits per heavy atom. The Morgan fingerprint density at radius 3 is 2.83 bits per heavy atom. The zero-order chi connectivity index (χ0) is 12.5. The lowest BCUT2D eigenvalue weighted by molar-refractivity contribution is 0.0777. The van der Waals surface area contributed by atoms with Crippen LogP contribution in [0, 0.1) is 5.41 Å². The van der Waals surface area contributed by atoms with Crippen LogP contribution in [0.15, 0.2) is 24.3 Å². The van der Waals surface area contributed by atoms with Gasteiger partial charge >= 0.3 is 0 Å². The summed E-state index contributed by atoms with van der Waals surface area (Å²) in [6.07, 6.45) is 0.968. The molecule has 1 aromatic rings. The number of likely N-dealkylation sites (tertiary alicyclic amines) is 1. The Kier molecular flexibility index (Phi) is 5.02. The van der Waals surface area contributed by atoms with Crippen LogP contribution in [0.4, 0.5) is 0 Å². The van der Waals surface area contributed by atoms with Crippen molar-refractivity contribution in [2.45, 2.75) is 13.3 Å². The first-order valence-electron chi connectivity index (χ1n) is 5.79. The van der Waals surface area contributed by atoms with E-state index in [0.29, 0.717) is 17.1 Å². The van der Waals surface area contributed by atoms with Gasteiger partial charge in [-0.15, -0.1) is 12.4 Å². The first kappa shape index (κ1) is 15.3. The molecule has 1 aliphatic rings. The first-order valence-corrected chi connectivity index (χ1v) is 6.17. The van der Waals surface area contributed by atoms with E-state index in [-0.39, 0.29) is 23.7 Å². The molecule has 1 aliphatic heterocycles. The Morgan fingerprint density at radius 1 is 1.56 bits per heavy atom. The molecule has 3 nitrogen and oxygen atoms in total. The van der Waals surface area contributed by atoms with Gasteiger partial charge in [-0.05, 0) is 36.6 Å². The molecule has 0 saturated carbocycles. The highest BCUT2D eigenvalue weighted by atomic mass is 35.5. The maximum atomic E-state index is 12.2. The molecule has 0 aromatic heterocycles. The Hall–Kier alpha value is -0.770. The molecule has 1 atom stereocenters. The van der Waals surface area contributed by atoms with Crippen molar-refractivity contribution in [1.29, 1.82) is 0 Å². The van der Waals surface area contributed by atoms with E-state index in [1.165, 1.54) is 0 Å². The van der Waals surface area contributed by atoms with Crippen LogP contribution in [0.2, 0.25) is 5.02 Å². The number of nitrogens with zero attached hydrogens (tertiary/aromatic N) is 1. The first-order chi connectivity index (χ1) is 8.04. The molecule has 0 spiro atoms. The lowest BCUT2D eigenvalue weighted by atomic mass is 9.90. The number of nitrogens with two attached hydrogens (primary N) is 1. The van der Waals surface area contributed by atoms with Gasteiger partial charge in [0.25, 0.3) is 5.91 Å². The predicted octanol–water partition coefficient (Wildman–Crippen LogP) is 2.57. The van der Waals surface area contributed by atoms with Gasteiger partial charge in [-0.1, -0.05) is 24.6 Å². The highest BCUT2D eigenvalue weighted by molar-refractivity contribution is 6.30. The summed E-state index contributed by atoms with van der Waals surface area (Å²) in [5.74, 6) is 0.0460. The van der Waals surface area contributed by atoms with Crippen LogP contribution in [-0.2, 0) is 0 Å². The quantitative estimate of drug-likeness (QED) is 0.909. The second-order valence-corrected chi connectivity index (χ2v) is 5.44. The van der Waals surface area contributed by atoms with E-state index in [0.717, 1.165) is 19.5 Å². The molecule has 0 radical (unpaired) electrons. The summed E-state index contributed by atoms with van der Waals surface area (Å²) >= 11 is 5.89. The highest BCUT2D eigenvalue weighted by Crippen LogP contribution is 2.29. The molecule has 0 bridgehead atoms. The smallest absolute Gasteiger partial charge is 0.253 e. The Balaban J connectivity index is 0.00000162. The maximum absolute atomic E-state index is 12.2. The van der Waals surface area contributed by atoms with E-state index in [2.05, 4.69) is 6.92 Å². The molecule has 2 N–H and O–H groups in total. The zero-order valence-corrected chi connectivity index (χ0v) is 11.9. The number of hydrogen-bond acceptors (Lipinski definition) is 2. The third kappa shape index (κ3) is 3.16. The van der Waals surface area contributed by atoms with Gasteiger partial charge in [0.1, 0.15) is 0 Å². The molecule has 100 valence electrons.